The Morgan fingerprint density at radius 1 is 1.47 bits per heavy atom. The number of rotatable bonds is 8. The molecule has 0 aromatic carbocycles. The third kappa shape index (κ3) is 5.52. The van der Waals surface area contributed by atoms with Crippen molar-refractivity contribution in [2.75, 3.05) is 32.3 Å². The monoisotopic (exact) mass is 308 g/mol. The van der Waals surface area contributed by atoms with Gasteiger partial charge in [0, 0.05) is 12.4 Å². The molecule has 0 aliphatic rings. The van der Waals surface area contributed by atoms with Gasteiger partial charge in [0.2, 0.25) is 10.0 Å². The van der Waals surface area contributed by atoms with Crippen LogP contribution >= 0.6 is 11.6 Å². The summed E-state index contributed by atoms with van der Waals surface area (Å²) in [7, 11) is 0.440. The number of hydrogen-bond donors (Lipinski definition) is 1. The molecule has 0 radical (unpaired) electrons. The molecule has 1 heterocycles. The molecular formula is C12H21ClN2O3S. The van der Waals surface area contributed by atoms with Gasteiger partial charge in [0.1, 0.15) is 5.76 Å². The Balaban J connectivity index is 2.62. The van der Waals surface area contributed by atoms with Crippen LogP contribution in [-0.2, 0) is 10.0 Å². The Hall–Kier alpha value is -0.560. The fourth-order valence-electron chi connectivity index (χ4n) is 1.70. The van der Waals surface area contributed by atoms with Crippen LogP contribution in [0.2, 0.25) is 0 Å². The minimum Gasteiger partial charge on any atom is -0.468 e. The van der Waals surface area contributed by atoms with E-state index in [1.807, 2.05) is 32.0 Å². The van der Waals surface area contributed by atoms with E-state index < -0.39 is 10.0 Å². The molecule has 0 amide bonds. The van der Waals surface area contributed by atoms with Gasteiger partial charge in [-0.25, -0.2) is 13.1 Å². The smallest absolute Gasteiger partial charge is 0.211 e. The third-order valence-corrected chi connectivity index (χ3v) is 4.90. The SMILES string of the molecule is CC(CCl)CS(=O)(=O)NCC(c1ccco1)N(C)C. The van der Waals surface area contributed by atoms with Gasteiger partial charge in [0.25, 0.3) is 0 Å². The predicted molar refractivity (Wildman–Crippen MR) is 76.8 cm³/mol. The van der Waals surface area contributed by atoms with Gasteiger partial charge in [-0.05, 0) is 32.1 Å². The molecule has 110 valence electrons. The van der Waals surface area contributed by atoms with Crippen LogP contribution in [0.3, 0.4) is 0 Å². The highest BCUT2D eigenvalue weighted by molar-refractivity contribution is 7.89. The molecule has 0 bridgehead atoms. The molecular weight excluding hydrogens is 288 g/mol. The first kappa shape index (κ1) is 16.5. The maximum atomic E-state index is 11.9. The molecule has 0 fully saturated rings. The number of alkyl halides is 1. The van der Waals surface area contributed by atoms with E-state index >= 15 is 0 Å². The molecule has 0 saturated carbocycles. The summed E-state index contributed by atoms with van der Waals surface area (Å²) in [6.45, 7) is 2.08. The van der Waals surface area contributed by atoms with E-state index in [1.165, 1.54) is 0 Å². The fourth-order valence-corrected chi connectivity index (χ4v) is 3.34. The quantitative estimate of drug-likeness (QED) is 0.742. The molecule has 2 unspecified atom stereocenters. The second kappa shape index (κ2) is 7.28. The molecule has 0 spiro atoms. The molecule has 5 nitrogen and oxygen atoms in total. The minimum absolute atomic E-state index is 0.0365. The molecule has 7 heteroatoms. The lowest BCUT2D eigenvalue weighted by molar-refractivity contribution is 0.259. The molecule has 0 saturated heterocycles. The minimum atomic E-state index is -3.32. The van der Waals surface area contributed by atoms with Gasteiger partial charge in [-0.3, -0.25) is 4.90 Å². The van der Waals surface area contributed by atoms with Crippen molar-refractivity contribution in [3.63, 3.8) is 0 Å². The van der Waals surface area contributed by atoms with Crippen LogP contribution in [0.5, 0.6) is 0 Å². The van der Waals surface area contributed by atoms with Gasteiger partial charge in [-0.1, -0.05) is 6.92 Å². The average Bonchev–Trinajstić information content (AvgIpc) is 2.81. The average molecular weight is 309 g/mol. The Labute approximate surface area is 120 Å². The van der Waals surface area contributed by atoms with Crippen LogP contribution in [0, 0.1) is 5.92 Å². The largest absolute Gasteiger partial charge is 0.468 e. The van der Waals surface area contributed by atoms with Gasteiger partial charge in [0.05, 0.1) is 18.1 Å². The van der Waals surface area contributed by atoms with Crippen molar-refractivity contribution in [2.45, 2.75) is 13.0 Å². The predicted octanol–water partition coefficient (Wildman–Crippen LogP) is 1.68. The van der Waals surface area contributed by atoms with E-state index in [-0.39, 0.29) is 24.3 Å². The second-order valence-electron chi connectivity index (χ2n) is 4.88. The van der Waals surface area contributed by atoms with Crippen LogP contribution in [-0.4, -0.2) is 45.6 Å². The maximum absolute atomic E-state index is 11.9. The van der Waals surface area contributed by atoms with Crippen molar-refractivity contribution in [1.29, 1.82) is 0 Å². The number of hydrogen-bond acceptors (Lipinski definition) is 4. The van der Waals surface area contributed by atoms with Gasteiger partial charge in [-0.15, -0.1) is 11.6 Å². The number of nitrogens with one attached hydrogen (secondary N) is 1. The Morgan fingerprint density at radius 2 is 2.16 bits per heavy atom. The number of sulfonamides is 1. The summed E-state index contributed by atoms with van der Waals surface area (Å²) in [5.74, 6) is 1.03. The molecule has 0 aliphatic carbocycles. The Kier molecular flexibility index (Phi) is 6.32. The van der Waals surface area contributed by atoms with E-state index in [1.54, 1.807) is 12.3 Å². The highest BCUT2D eigenvalue weighted by Crippen LogP contribution is 2.18. The van der Waals surface area contributed by atoms with E-state index in [0.717, 1.165) is 5.76 Å². The van der Waals surface area contributed by atoms with Crippen LogP contribution < -0.4 is 4.72 Å². The molecule has 1 aromatic rings. The second-order valence-corrected chi connectivity index (χ2v) is 7.04. The van der Waals surface area contributed by atoms with E-state index in [0.29, 0.717) is 5.88 Å². The number of halogens is 1. The standard InChI is InChI=1S/C12H21ClN2O3S/c1-10(7-13)9-19(16,17)14-8-11(15(2)3)12-5-4-6-18-12/h4-6,10-11,14H,7-9H2,1-3H3. The van der Waals surface area contributed by atoms with Crippen molar-refractivity contribution in [1.82, 2.24) is 9.62 Å². The molecule has 1 N–H and O–H groups in total. The number of likely N-dealkylation sites (N-methyl/N-ethyl adjacent to an activating group) is 1. The fraction of sp³-hybridized carbons (Fsp3) is 0.667. The van der Waals surface area contributed by atoms with Crippen molar-refractivity contribution in [3.05, 3.63) is 24.2 Å². The zero-order chi connectivity index (χ0) is 14.5. The lowest BCUT2D eigenvalue weighted by Crippen LogP contribution is -2.36. The van der Waals surface area contributed by atoms with E-state index in [9.17, 15) is 8.42 Å². The summed E-state index contributed by atoms with van der Waals surface area (Å²) >= 11 is 5.64. The number of furan rings is 1. The molecule has 1 rings (SSSR count). The normalized spacial score (nSPS) is 15.6. The van der Waals surface area contributed by atoms with Crippen molar-refractivity contribution in [2.24, 2.45) is 5.92 Å². The lowest BCUT2D eigenvalue weighted by Gasteiger charge is -2.22. The van der Waals surface area contributed by atoms with Gasteiger partial charge < -0.3 is 4.42 Å². The van der Waals surface area contributed by atoms with Gasteiger partial charge in [-0.2, -0.15) is 0 Å². The summed E-state index contributed by atoms with van der Waals surface area (Å²) in [5, 5.41) is 0. The van der Waals surface area contributed by atoms with Crippen molar-refractivity contribution >= 4 is 21.6 Å². The summed E-state index contributed by atoms with van der Waals surface area (Å²) < 4.78 is 31.7. The van der Waals surface area contributed by atoms with E-state index in [2.05, 4.69) is 4.72 Å². The highest BCUT2D eigenvalue weighted by atomic mass is 35.5. The molecule has 2 atom stereocenters. The van der Waals surface area contributed by atoms with Gasteiger partial charge >= 0.3 is 0 Å². The zero-order valence-corrected chi connectivity index (χ0v) is 13.0. The summed E-state index contributed by atoms with van der Waals surface area (Å²) in [6.07, 6.45) is 1.58. The topological polar surface area (TPSA) is 62.6 Å². The van der Waals surface area contributed by atoms with Crippen molar-refractivity contribution in [3.8, 4) is 0 Å². The van der Waals surface area contributed by atoms with Crippen LogP contribution in [0.4, 0.5) is 0 Å². The maximum Gasteiger partial charge on any atom is 0.211 e. The number of nitrogens with zero attached hydrogens (tertiary/aromatic N) is 1. The zero-order valence-electron chi connectivity index (χ0n) is 11.5. The van der Waals surface area contributed by atoms with Crippen LogP contribution in [0.25, 0.3) is 0 Å². The first-order valence-corrected chi connectivity index (χ1v) is 8.27. The summed E-state index contributed by atoms with van der Waals surface area (Å²) in [5.41, 5.74) is 0. The first-order valence-electron chi connectivity index (χ1n) is 6.09. The third-order valence-electron chi connectivity index (χ3n) is 2.76. The Bertz CT molecular complexity index is 459. The summed E-state index contributed by atoms with van der Waals surface area (Å²) in [4.78, 5) is 1.91. The highest BCUT2D eigenvalue weighted by Gasteiger charge is 2.21. The lowest BCUT2D eigenvalue weighted by atomic mass is 10.2. The Morgan fingerprint density at radius 3 is 2.63 bits per heavy atom. The molecule has 19 heavy (non-hydrogen) atoms. The van der Waals surface area contributed by atoms with E-state index in [4.69, 9.17) is 16.0 Å². The van der Waals surface area contributed by atoms with Crippen molar-refractivity contribution < 1.29 is 12.8 Å². The molecule has 1 aromatic heterocycles. The first-order chi connectivity index (χ1) is 8.85. The summed E-state index contributed by atoms with van der Waals surface area (Å²) in [6, 6.07) is 3.49. The van der Waals surface area contributed by atoms with Gasteiger partial charge in [0.15, 0.2) is 0 Å². The van der Waals surface area contributed by atoms with Crippen LogP contribution in [0.15, 0.2) is 22.8 Å². The van der Waals surface area contributed by atoms with Crippen LogP contribution in [0.1, 0.15) is 18.7 Å². The molecule has 0 aliphatic heterocycles.